The number of pyridine rings is 3. The molecule has 0 bridgehead atoms. The van der Waals surface area contributed by atoms with E-state index in [0.717, 1.165) is 43.2 Å². The molecule has 12 heteroatoms. The van der Waals surface area contributed by atoms with Crippen LogP contribution in [0.5, 0.6) is 0 Å². The van der Waals surface area contributed by atoms with Gasteiger partial charge in [0, 0.05) is 36.0 Å². The zero-order chi connectivity index (χ0) is 26.2. The number of hydrogen-bond donors (Lipinski definition) is 4. The van der Waals surface area contributed by atoms with Gasteiger partial charge in [0.25, 0.3) is 5.95 Å². The third kappa shape index (κ3) is 4.72. The number of aliphatic hydroxyl groups is 1. The van der Waals surface area contributed by atoms with Crippen molar-refractivity contribution in [2.45, 2.75) is 43.7 Å². The van der Waals surface area contributed by atoms with E-state index in [1.54, 1.807) is 18.3 Å². The van der Waals surface area contributed by atoms with E-state index in [1.807, 2.05) is 6.20 Å². The van der Waals surface area contributed by atoms with Gasteiger partial charge in [-0.05, 0) is 49.4 Å². The van der Waals surface area contributed by atoms with Crippen LogP contribution in [0.4, 0.5) is 30.6 Å². The molecule has 2 atom stereocenters. The first-order chi connectivity index (χ1) is 18.5. The van der Waals surface area contributed by atoms with Crippen molar-refractivity contribution in [2.24, 2.45) is 0 Å². The van der Waals surface area contributed by atoms with Crippen molar-refractivity contribution >= 4 is 28.4 Å². The predicted octanol–water partition coefficient (Wildman–Crippen LogP) is 4.04. The van der Waals surface area contributed by atoms with Gasteiger partial charge in [-0.1, -0.05) is 6.42 Å². The van der Waals surface area contributed by atoms with Crippen LogP contribution in [-0.2, 0) is 0 Å². The fourth-order valence-corrected chi connectivity index (χ4v) is 4.85. The number of anilines is 3. The van der Waals surface area contributed by atoms with Gasteiger partial charge in [-0.2, -0.15) is 9.37 Å². The molecule has 0 unspecified atom stereocenters. The van der Waals surface area contributed by atoms with Crippen molar-refractivity contribution in [1.29, 1.82) is 0 Å². The summed E-state index contributed by atoms with van der Waals surface area (Å²) in [6.45, 7) is 1.26. The fourth-order valence-electron chi connectivity index (χ4n) is 4.85. The topological polar surface area (TPSA) is 121 Å². The lowest BCUT2D eigenvalue weighted by Gasteiger charge is -2.31. The number of β-amino-alcohol motifs (C(OH)–C–C–N with tert-alkyl or cyclic N) is 1. The van der Waals surface area contributed by atoms with Crippen LogP contribution >= 0.6 is 0 Å². The highest BCUT2D eigenvalue weighted by Crippen LogP contribution is 2.41. The molecule has 4 aromatic heterocycles. The first-order valence-electron chi connectivity index (χ1n) is 12.5. The maximum absolute atomic E-state index is 14.1. The Bertz CT molecular complexity index is 1500. The number of aliphatic hydroxyl groups excluding tert-OH is 1. The summed E-state index contributed by atoms with van der Waals surface area (Å²) in [6, 6.07) is 3.48. The Morgan fingerprint density at radius 2 is 1.84 bits per heavy atom. The highest BCUT2D eigenvalue weighted by Gasteiger charge is 2.28. The van der Waals surface area contributed by atoms with Crippen LogP contribution in [0.2, 0.25) is 0 Å². The smallest absolute Gasteiger partial charge is 0.251 e. The van der Waals surface area contributed by atoms with E-state index in [4.69, 9.17) is 9.97 Å². The van der Waals surface area contributed by atoms with E-state index < -0.39 is 29.5 Å². The van der Waals surface area contributed by atoms with E-state index in [2.05, 4.69) is 30.9 Å². The molecular formula is C26H25F3N8O. The number of fused-ring (bicyclic) bond motifs is 1. The van der Waals surface area contributed by atoms with Gasteiger partial charge in [0.05, 0.1) is 23.9 Å². The molecule has 1 aliphatic carbocycles. The SMILES string of the molecule is O[C@@H]1CNCC[C@H]1Nc1nc(-c2ccnc(Nc3nc(F)c(F)cc3F)c2)nc2cncc(C3CCC3)c12. The van der Waals surface area contributed by atoms with Crippen LogP contribution in [0.3, 0.4) is 0 Å². The van der Waals surface area contributed by atoms with Gasteiger partial charge >= 0.3 is 0 Å². The second-order valence-electron chi connectivity index (χ2n) is 9.60. The van der Waals surface area contributed by atoms with Gasteiger partial charge in [-0.3, -0.25) is 4.98 Å². The Morgan fingerprint density at radius 1 is 0.974 bits per heavy atom. The van der Waals surface area contributed by atoms with Gasteiger partial charge in [0.2, 0.25) is 0 Å². The van der Waals surface area contributed by atoms with Crippen molar-refractivity contribution < 1.29 is 18.3 Å². The van der Waals surface area contributed by atoms with E-state index in [0.29, 0.717) is 41.3 Å². The first kappa shape index (κ1) is 24.4. The minimum Gasteiger partial charge on any atom is -0.390 e. The average molecular weight is 523 g/mol. The summed E-state index contributed by atoms with van der Waals surface area (Å²) in [7, 11) is 0. The molecule has 0 radical (unpaired) electrons. The number of piperidine rings is 1. The number of halogens is 3. The quantitative estimate of drug-likeness (QED) is 0.278. The number of aromatic nitrogens is 5. The molecule has 1 aliphatic heterocycles. The lowest BCUT2D eigenvalue weighted by molar-refractivity contribution is 0.128. The minimum atomic E-state index is -1.42. The molecule has 196 valence electrons. The summed E-state index contributed by atoms with van der Waals surface area (Å²) in [4.78, 5) is 21.5. The third-order valence-electron chi connectivity index (χ3n) is 7.10. The van der Waals surface area contributed by atoms with E-state index in [1.165, 1.54) is 6.20 Å². The lowest BCUT2D eigenvalue weighted by Crippen LogP contribution is -2.47. The zero-order valence-electron chi connectivity index (χ0n) is 20.3. The molecule has 4 aromatic rings. The predicted molar refractivity (Wildman–Crippen MR) is 135 cm³/mol. The Morgan fingerprint density at radius 3 is 2.63 bits per heavy atom. The summed E-state index contributed by atoms with van der Waals surface area (Å²) < 4.78 is 41.0. The van der Waals surface area contributed by atoms with Crippen molar-refractivity contribution in [1.82, 2.24) is 30.2 Å². The van der Waals surface area contributed by atoms with Crippen LogP contribution < -0.4 is 16.0 Å². The second-order valence-corrected chi connectivity index (χ2v) is 9.60. The molecule has 0 aromatic carbocycles. The summed E-state index contributed by atoms with van der Waals surface area (Å²) in [5.74, 6) is -2.85. The molecular weight excluding hydrogens is 497 g/mol. The molecule has 6 rings (SSSR count). The third-order valence-corrected chi connectivity index (χ3v) is 7.10. The molecule has 5 heterocycles. The summed E-state index contributed by atoms with van der Waals surface area (Å²) in [5, 5.41) is 20.7. The maximum atomic E-state index is 14.1. The van der Waals surface area contributed by atoms with Gasteiger partial charge in [-0.15, -0.1) is 0 Å². The molecule has 0 spiro atoms. The van der Waals surface area contributed by atoms with Crippen molar-refractivity contribution in [3.8, 4) is 11.4 Å². The average Bonchev–Trinajstić information content (AvgIpc) is 2.88. The minimum absolute atomic E-state index is 0.147. The first-order valence-corrected chi connectivity index (χ1v) is 12.5. The highest BCUT2D eigenvalue weighted by atomic mass is 19.2. The Labute approximate surface area is 216 Å². The van der Waals surface area contributed by atoms with Gasteiger partial charge < -0.3 is 21.1 Å². The monoisotopic (exact) mass is 522 g/mol. The number of nitrogens with one attached hydrogen (secondary N) is 3. The Kier molecular flexibility index (Phi) is 6.50. The number of rotatable bonds is 6. The van der Waals surface area contributed by atoms with Crippen LogP contribution in [0, 0.1) is 17.6 Å². The highest BCUT2D eigenvalue weighted by molar-refractivity contribution is 5.93. The lowest BCUT2D eigenvalue weighted by atomic mass is 9.79. The molecule has 1 saturated carbocycles. The Balaban J connectivity index is 1.40. The number of hydrogen-bond acceptors (Lipinski definition) is 9. The van der Waals surface area contributed by atoms with E-state index >= 15 is 0 Å². The maximum Gasteiger partial charge on any atom is 0.251 e. The van der Waals surface area contributed by atoms with Gasteiger partial charge in [0.15, 0.2) is 23.3 Å². The molecule has 2 fully saturated rings. The number of nitrogens with zero attached hydrogens (tertiary/aromatic N) is 5. The van der Waals surface area contributed by atoms with Gasteiger partial charge in [-0.25, -0.2) is 23.7 Å². The summed E-state index contributed by atoms with van der Waals surface area (Å²) in [6.07, 6.45) is 8.48. The zero-order valence-corrected chi connectivity index (χ0v) is 20.3. The van der Waals surface area contributed by atoms with Crippen molar-refractivity contribution in [3.63, 3.8) is 0 Å². The van der Waals surface area contributed by atoms with E-state index in [-0.39, 0.29) is 11.9 Å². The van der Waals surface area contributed by atoms with Crippen LogP contribution in [0.25, 0.3) is 22.3 Å². The van der Waals surface area contributed by atoms with Crippen molar-refractivity contribution in [3.05, 3.63) is 59.9 Å². The van der Waals surface area contributed by atoms with E-state index in [9.17, 15) is 18.3 Å². The normalized spacial score (nSPS) is 19.8. The standard InChI is InChI=1S/C26H25F3N8O/c27-16-9-17(28)25(36-23(16)29)35-21-8-14(4-7-32-21)24-34-19-11-31-10-15(13-2-1-3-13)22(19)26(37-24)33-18-5-6-30-12-20(18)38/h4,7-11,13,18,20,30,38H,1-3,5-6,12H2,(H,32,35,36)(H,33,34,37)/t18-,20-/m1/s1. The summed E-state index contributed by atoms with van der Waals surface area (Å²) in [5.41, 5.74) is 2.29. The van der Waals surface area contributed by atoms with Gasteiger partial charge in [0.1, 0.15) is 11.6 Å². The molecule has 9 nitrogen and oxygen atoms in total. The van der Waals surface area contributed by atoms with Crippen LogP contribution in [0.15, 0.2) is 36.8 Å². The van der Waals surface area contributed by atoms with Crippen molar-refractivity contribution in [2.75, 3.05) is 23.7 Å². The largest absolute Gasteiger partial charge is 0.390 e. The van der Waals surface area contributed by atoms with Crippen LogP contribution in [0.1, 0.15) is 37.2 Å². The molecule has 0 amide bonds. The Hall–Kier alpha value is -3.90. The molecule has 38 heavy (non-hydrogen) atoms. The molecule has 1 saturated heterocycles. The van der Waals surface area contributed by atoms with Crippen LogP contribution in [-0.4, -0.2) is 55.3 Å². The molecule has 2 aliphatic rings. The fraction of sp³-hybridized carbons (Fsp3) is 0.346. The summed E-state index contributed by atoms with van der Waals surface area (Å²) >= 11 is 0. The molecule has 4 N–H and O–H groups in total. The second kappa shape index (κ2) is 10.1.